The number of carbonyl (C=O) groups excluding carboxylic acids is 3. The maximum Gasteiger partial charge on any atom is 0.331 e. The van der Waals surface area contributed by atoms with Crippen molar-refractivity contribution in [1.82, 2.24) is 16.0 Å². The summed E-state index contributed by atoms with van der Waals surface area (Å²) in [6.45, 7) is 11.7. The average molecular weight is 383 g/mol. The zero-order valence-corrected chi connectivity index (χ0v) is 17.2. The first-order valence-corrected chi connectivity index (χ1v) is 9.10. The van der Waals surface area contributed by atoms with Crippen LogP contribution in [0.1, 0.15) is 54.4 Å². The Labute approximate surface area is 161 Å². The van der Waals surface area contributed by atoms with E-state index in [0.717, 1.165) is 0 Å². The van der Waals surface area contributed by atoms with Gasteiger partial charge in [0.2, 0.25) is 17.7 Å². The number of amides is 3. The number of carboxylic acid groups (broad SMARTS) is 1. The summed E-state index contributed by atoms with van der Waals surface area (Å²) in [5, 5.41) is 17.2. The molecule has 0 fully saturated rings. The molecule has 0 radical (unpaired) electrons. The molecule has 0 heterocycles. The van der Waals surface area contributed by atoms with E-state index in [1.165, 1.54) is 6.92 Å². The molecular formula is C19H33N3O5. The van der Waals surface area contributed by atoms with Gasteiger partial charge >= 0.3 is 5.97 Å². The van der Waals surface area contributed by atoms with Gasteiger partial charge in [-0.25, -0.2) is 4.79 Å². The molecule has 0 aromatic heterocycles. The highest BCUT2D eigenvalue weighted by molar-refractivity contribution is 6.02. The molecule has 0 aromatic carbocycles. The number of carbonyl (C=O) groups is 4. The minimum Gasteiger partial charge on any atom is -0.478 e. The fourth-order valence-electron chi connectivity index (χ4n) is 1.97. The lowest BCUT2D eigenvalue weighted by molar-refractivity contribution is -0.133. The Kier molecular flexibility index (Phi) is 10.4. The molecule has 0 aliphatic carbocycles. The molecular weight excluding hydrogens is 350 g/mol. The molecule has 0 saturated carbocycles. The summed E-state index contributed by atoms with van der Waals surface area (Å²) in [6, 6.07) is 0. The Morgan fingerprint density at radius 3 is 1.96 bits per heavy atom. The molecule has 4 N–H and O–H groups in total. The van der Waals surface area contributed by atoms with E-state index in [1.807, 2.05) is 20.8 Å². The smallest absolute Gasteiger partial charge is 0.331 e. The van der Waals surface area contributed by atoms with Crippen molar-refractivity contribution < 1.29 is 24.3 Å². The summed E-state index contributed by atoms with van der Waals surface area (Å²) in [7, 11) is 0. The van der Waals surface area contributed by atoms with Gasteiger partial charge in [-0.15, -0.1) is 0 Å². The second-order valence-corrected chi connectivity index (χ2v) is 7.95. The number of hydrogen-bond acceptors (Lipinski definition) is 4. The minimum absolute atomic E-state index is 0.0129. The molecule has 27 heavy (non-hydrogen) atoms. The zero-order valence-electron chi connectivity index (χ0n) is 17.2. The van der Waals surface area contributed by atoms with E-state index < -0.39 is 11.9 Å². The molecule has 0 aliphatic heterocycles. The number of aliphatic carboxylic acids is 1. The zero-order chi connectivity index (χ0) is 21.2. The maximum absolute atomic E-state index is 12.3. The Hall–Kier alpha value is -2.38. The van der Waals surface area contributed by atoms with Crippen molar-refractivity contribution in [2.24, 2.45) is 11.3 Å². The van der Waals surface area contributed by atoms with E-state index in [0.29, 0.717) is 13.1 Å². The summed E-state index contributed by atoms with van der Waals surface area (Å²) in [5.74, 6) is -2.19. The topological polar surface area (TPSA) is 125 Å². The largest absolute Gasteiger partial charge is 0.478 e. The van der Waals surface area contributed by atoms with Crippen molar-refractivity contribution in [3.05, 3.63) is 11.1 Å². The van der Waals surface area contributed by atoms with Crippen LogP contribution in [0.3, 0.4) is 0 Å². The van der Waals surface area contributed by atoms with Crippen LogP contribution in [0.5, 0.6) is 0 Å². The first kappa shape index (κ1) is 24.6. The maximum atomic E-state index is 12.3. The standard InChI is InChI=1S/C19H33N3O5/c1-12(2)16(24)21-10-9-20-15(23)8-7-14(13(3)18(26)27)17(25)22-11-19(4,5)6/h12H,7-11H2,1-6H3,(H,20,23)(H,21,24)(H,22,25)(H,26,27)/b14-13-. The molecule has 0 spiro atoms. The second-order valence-electron chi connectivity index (χ2n) is 7.95. The van der Waals surface area contributed by atoms with Gasteiger partial charge < -0.3 is 21.1 Å². The van der Waals surface area contributed by atoms with Crippen molar-refractivity contribution >= 4 is 23.7 Å². The predicted molar refractivity (Wildman–Crippen MR) is 103 cm³/mol. The van der Waals surface area contributed by atoms with Gasteiger partial charge in [-0.2, -0.15) is 0 Å². The van der Waals surface area contributed by atoms with Gasteiger partial charge in [-0.3, -0.25) is 14.4 Å². The third-order valence-corrected chi connectivity index (χ3v) is 3.70. The quantitative estimate of drug-likeness (QED) is 0.333. The highest BCUT2D eigenvalue weighted by Gasteiger charge is 2.20. The predicted octanol–water partition coefficient (Wildman–Crippen LogP) is 1.22. The van der Waals surface area contributed by atoms with E-state index in [4.69, 9.17) is 0 Å². The first-order valence-electron chi connectivity index (χ1n) is 9.10. The van der Waals surface area contributed by atoms with E-state index >= 15 is 0 Å². The van der Waals surface area contributed by atoms with Crippen LogP contribution < -0.4 is 16.0 Å². The normalized spacial score (nSPS) is 12.3. The van der Waals surface area contributed by atoms with Crippen LogP contribution in [0.2, 0.25) is 0 Å². The number of nitrogens with one attached hydrogen (secondary N) is 3. The molecule has 0 rings (SSSR count). The molecule has 0 aromatic rings. The number of rotatable bonds is 10. The van der Waals surface area contributed by atoms with Crippen molar-refractivity contribution in [3.8, 4) is 0 Å². The third-order valence-electron chi connectivity index (χ3n) is 3.70. The molecule has 154 valence electrons. The highest BCUT2D eigenvalue weighted by Crippen LogP contribution is 2.15. The first-order chi connectivity index (χ1) is 12.3. The van der Waals surface area contributed by atoms with Crippen molar-refractivity contribution in [3.63, 3.8) is 0 Å². The van der Waals surface area contributed by atoms with E-state index in [1.54, 1.807) is 13.8 Å². The summed E-state index contributed by atoms with van der Waals surface area (Å²) in [5.41, 5.74) is -0.121. The lowest BCUT2D eigenvalue weighted by Gasteiger charge is -2.20. The van der Waals surface area contributed by atoms with Crippen molar-refractivity contribution in [2.45, 2.75) is 54.4 Å². The average Bonchev–Trinajstić information content (AvgIpc) is 2.55. The van der Waals surface area contributed by atoms with Crippen LogP contribution in [0.25, 0.3) is 0 Å². The monoisotopic (exact) mass is 383 g/mol. The molecule has 0 atom stereocenters. The van der Waals surface area contributed by atoms with Crippen LogP contribution in [0.15, 0.2) is 11.1 Å². The van der Waals surface area contributed by atoms with Gasteiger partial charge in [0.1, 0.15) is 0 Å². The molecule has 8 nitrogen and oxygen atoms in total. The van der Waals surface area contributed by atoms with Gasteiger partial charge in [-0.05, 0) is 18.8 Å². The molecule has 3 amide bonds. The van der Waals surface area contributed by atoms with Gasteiger partial charge in [-0.1, -0.05) is 34.6 Å². The highest BCUT2D eigenvalue weighted by atomic mass is 16.4. The van der Waals surface area contributed by atoms with E-state index in [-0.39, 0.29) is 53.7 Å². The van der Waals surface area contributed by atoms with Crippen LogP contribution in [0.4, 0.5) is 0 Å². The molecule has 0 bridgehead atoms. The summed E-state index contributed by atoms with van der Waals surface area (Å²) >= 11 is 0. The van der Waals surface area contributed by atoms with Crippen LogP contribution in [0, 0.1) is 11.3 Å². The van der Waals surface area contributed by atoms with E-state index in [9.17, 15) is 24.3 Å². The molecule has 0 saturated heterocycles. The molecule has 0 aliphatic rings. The Morgan fingerprint density at radius 1 is 0.926 bits per heavy atom. The van der Waals surface area contributed by atoms with Gasteiger partial charge in [0, 0.05) is 43.1 Å². The summed E-state index contributed by atoms with van der Waals surface area (Å²) in [6.07, 6.45) is 0.0132. The molecule has 0 unspecified atom stereocenters. The van der Waals surface area contributed by atoms with E-state index in [2.05, 4.69) is 16.0 Å². The SMILES string of the molecule is C/C(C(=O)O)=C(\CCC(=O)NCCNC(=O)C(C)C)C(=O)NCC(C)(C)C. The Bertz CT molecular complexity index is 589. The Morgan fingerprint density at radius 2 is 1.48 bits per heavy atom. The van der Waals surface area contributed by atoms with Crippen molar-refractivity contribution in [2.75, 3.05) is 19.6 Å². The van der Waals surface area contributed by atoms with Crippen molar-refractivity contribution in [1.29, 1.82) is 0 Å². The minimum atomic E-state index is -1.19. The molecule has 8 heteroatoms. The lowest BCUT2D eigenvalue weighted by atomic mass is 9.96. The van der Waals surface area contributed by atoms with Crippen LogP contribution in [-0.4, -0.2) is 48.4 Å². The second kappa shape index (κ2) is 11.4. The fourth-order valence-corrected chi connectivity index (χ4v) is 1.97. The number of hydrogen-bond donors (Lipinski definition) is 4. The van der Waals surface area contributed by atoms with Crippen LogP contribution >= 0.6 is 0 Å². The summed E-state index contributed by atoms with van der Waals surface area (Å²) < 4.78 is 0. The van der Waals surface area contributed by atoms with Gasteiger partial charge in [0.05, 0.1) is 0 Å². The Balaban J connectivity index is 4.63. The van der Waals surface area contributed by atoms with Crippen LogP contribution in [-0.2, 0) is 19.2 Å². The number of carboxylic acids is 1. The third kappa shape index (κ3) is 11.0. The fraction of sp³-hybridized carbons (Fsp3) is 0.684. The lowest BCUT2D eigenvalue weighted by Crippen LogP contribution is -2.37. The van der Waals surface area contributed by atoms with Gasteiger partial charge in [0.15, 0.2) is 0 Å². The van der Waals surface area contributed by atoms with Gasteiger partial charge in [0.25, 0.3) is 0 Å². The summed E-state index contributed by atoms with van der Waals surface area (Å²) in [4.78, 5) is 46.9.